The monoisotopic (exact) mass is 220 g/mol. The number of nitriles is 2. The van der Waals surface area contributed by atoms with Crippen LogP contribution in [0.2, 0.25) is 0 Å². The molecule has 0 aliphatic carbocycles. The summed E-state index contributed by atoms with van der Waals surface area (Å²) in [7, 11) is 1.21. The first-order chi connectivity index (χ1) is 7.63. The highest BCUT2D eigenvalue weighted by atomic mass is 19.2. The van der Waals surface area contributed by atoms with Crippen molar-refractivity contribution in [3.8, 4) is 17.9 Å². The Bertz CT molecular complexity index is 508. The van der Waals surface area contributed by atoms with Crippen LogP contribution < -0.4 is 4.74 Å². The summed E-state index contributed by atoms with van der Waals surface area (Å²) in [4.78, 5) is 0. The third-order valence-electron chi connectivity index (χ3n) is 1.84. The SMILES string of the molecule is COc1ccc(C=C(C#N)C#N)c(F)c1F. The quantitative estimate of drug-likeness (QED) is 0.719. The van der Waals surface area contributed by atoms with Gasteiger partial charge in [-0.3, -0.25) is 0 Å². The van der Waals surface area contributed by atoms with Gasteiger partial charge in [-0.1, -0.05) is 0 Å². The van der Waals surface area contributed by atoms with Gasteiger partial charge in [-0.2, -0.15) is 14.9 Å². The molecule has 0 aromatic heterocycles. The van der Waals surface area contributed by atoms with E-state index in [0.717, 1.165) is 6.08 Å². The summed E-state index contributed by atoms with van der Waals surface area (Å²) >= 11 is 0. The maximum absolute atomic E-state index is 13.4. The lowest BCUT2D eigenvalue weighted by atomic mass is 10.1. The van der Waals surface area contributed by atoms with Gasteiger partial charge in [-0.25, -0.2) is 4.39 Å². The smallest absolute Gasteiger partial charge is 0.201 e. The molecule has 0 N–H and O–H groups in total. The predicted octanol–water partition coefficient (Wildman–Crippen LogP) is 2.40. The van der Waals surface area contributed by atoms with Gasteiger partial charge in [0.15, 0.2) is 11.6 Å². The first kappa shape index (κ1) is 11.7. The van der Waals surface area contributed by atoms with E-state index in [9.17, 15) is 8.78 Å². The Labute approximate surface area is 90.8 Å². The largest absolute Gasteiger partial charge is 0.494 e. The Hall–Kier alpha value is -2.40. The molecular weight excluding hydrogens is 214 g/mol. The fourth-order valence-electron chi connectivity index (χ4n) is 1.06. The molecule has 0 aliphatic rings. The van der Waals surface area contributed by atoms with Crippen molar-refractivity contribution < 1.29 is 13.5 Å². The summed E-state index contributed by atoms with van der Waals surface area (Å²) in [5.74, 6) is -2.53. The van der Waals surface area contributed by atoms with Gasteiger partial charge in [0.25, 0.3) is 0 Å². The molecular formula is C11H6F2N2O. The van der Waals surface area contributed by atoms with E-state index in [4.69, 9.17) is 10.5 Å². The van der Waals surface area contributed by atoms with E-state index in [0.29, 0.717) is 0 Å². The maximum Gasteiger partial charge on any atom is 0.201 e. The Balaban J connectivity index is 3.30. The Morgan fingerprint density at radius 1 is 1.25 bits per heavy atom. The number of halogens is 2. The van der Waals surface area contributed by atoms with E-state index in [1.807, 2.05) is 0 Å². The highest BCUT2D eigenvalue weighted by Gasteiger charge is 2.12. The molecule has 0 unspecified atom stereocenters. The summed E-state index contributed by atoms with van der Waals surface area (Å²) in [5, 5.41) is 16.9. The third-order valence-corrected chi connectivity index (χ3v) is 1.84. The lowest BCUT2D eigenvalue weighted by Crippen LogP contribution is -1.94. The first-order valence-electron chi connectivity index (χ1n) is 4.18. The van der Waals surface area contributed by atoms with Gasteiger partial charge in [0.2, 0.25) is 5.82 Å². The van der Waals surface area contributed by atoms with Crippen LogP contribution >= 0.6 is 0 Å². The molecule has 0 amide bonds. The minimum atomic E-state index is -1.15. The fraction of sp³-hybridized carbons (Fsp3) is 0.0909. The normalized spacial score (nSPS) is 8.81. The molecule has 1 rings (SSSR count). The van der Waals surface area contributed by atoms with Crippen LogP contribution in [-0.4, -0.2) is 7.11 Å². The number of hydrogen-bond donors (Lipinski definition) is 0. The van der Waals surface area contributed by atoms with E-state index in [2.05, 4.69) is 4.74 Å². The van der Waals surface area contributed by atoms with Gasteiger partial charge in [-0.05, 0) is 18.2 Å². The van der Waals surface area contributed by atoms with Crippen molar-refractivity contribution >= 4 is 6.08 Å². The number of benzene rings is 1. The first-order valence-corrected chi connectivity index (χ1v) is 4.18. The van der Waals surface area contributed by atoms with Gasteiger partial charge >= 0.3 is 0 Å². The van der Waals surface area contributed by atoms with Crippen molar-refractivity contribution in [2.45, 2.75) is 0 Å². The third kappa shape index (κ3) is 2.15. The maximum atomic E-state index is 13.4. The molecule has 0 radical (unpaired) electrons. The molecule has 0 heterocycles. The van der Waals surface area contributed by atoms with Gasteiger partial charge in [0, 0.05) is 5.56 Å². The second-order valence-electron chi connectivity index (χ2n) is 2.77. The zero-order valence-corrected chi connectivity index (χ0v) is 8.29. The summed E-state index contributed by atoms with van der Waals surface area (Å²) in [6.07, 6.45) is 0.970. The van der Waals surface area contributed by atoms with E-state index in [1.54, 1.807) is 12.1 Å². The van der Waals surface area contributed by atoms with Crippen LogP contribution in [0.1, 0.15) is 5.56 Å². The highest BCUT2D eigenvalue weighted by molar-refractivity contribution is 5.63. The number of rotatable bonds is 2. The lowest BCUT2D eigenvalue weighted by Gasteiger charge is -2.04. The Kier molecular flexibility index (Phi) is 3.58. The summed E-state index contributed by atoms with van der Waals surface area (Å²) in [5.41, 5.74) is -0.472. The van der Waals surface area contributed by atoms with E-state index in [1.165, 1.54) is 19.2 Å². The molecule has 1 aromatic carbocycles. The molecule has 5 heteroatoms. The number of ether oxygens (including phenoxy) is 1. The molecule has 80 valence electrons. The molecule has 0 saturated carbocycles. The standard InChI is InChI=1S/C11H6F2N2O/c1-16-9-3-2-8(10(12)11(9)13)4-7(5-14)6-15/h2-4H,1H3. The van der Waals surface area contributed by atoms with E-state index < -0.39 is 11.6 Å². The Morgan fingerprint density at radius 2 is 1.88 bits per heavy atom. The van der Waals surface area contributed by atoms with Crippen molar-refractivity contribution in [2.24, 2.45) is 0 Å². The van der Waals surface area contributed by atoms with Crippen LogP contribution in [0.15, 0.2) is 17.7 Å². The van der Waals surface area contributed by atoms with Gasteiger partial charge in [-0.15, -0.1) is 0 Å². The van der Waals surface area contributed by atoms with Crippen molar-refractivity contribution in [3.05, 3.63) is 34.9 Å². The number of hydrogen-bond acceptors (Lipinski definition) is 3. The molecule has 0 aliphatic heterocycles. The lowest BCUT2D eigenvalue weighted by molar-refractivity contribution is 0.371. The topological polar surface area (TPSA) is 56.8 Å². The van der Waals surface area contributed by atoms with Crippen LogP contribution in [0.3, 0.4) is 0 Å². The number of nitrogens with zero attached hydrogens (tertiary/aromatic N) is 2. The molecule has 16 heavy (non-hydrogen) atoms. The highest BCUT2D eigenvalue weighted by Crippen LogP contribution is 2.23. The molecule has 0 bridgehead atoms. The van der Waals surface area contributed by atoms with Crippen molar-refractivity contribution in [3.63, 3.8) is 0 Å². The van der Waals surface area contributed by atoms with Gasteiger partial charge < -0.3 is 4.74 Å². The Morgan fingerprint density at radius 3 is 2.38 bits per heavy atom. The fourth-order valence-corrected chi connectivity index (χ4v) is 1.06. The molecule has 0 fully saturated rings. The van der Waals surface area contributed by atoms with E-state index in [-0.39, 0.29) is 16.9 Å². The van der Waals surface area contributed by atoms with Crippen molar-refractivity contribution in [1.29, 1.82) is 10.5 Å². The molecule has 1 aromatic rings. The average molecular weight is 220 g/mol. The summed E-state index contributed by atoms with van der Waals surface area (Å²) in [6, 6.07) is 5.56. The van der Waals surface area contributed by atoms with Crippen molar-refractivity contribution in [2.75, 3.05) is 7.11 Å². The average Bonchev–Trinajstić information content (AvgIpc) is 2.31. The van der Waals surface area contributed by atoms with Crippen LogP contribution in [-0.2, 0) is 0 Å². The van der Waals surface area contributed by atoms with Gasteiger partial charge in [0.1, 0.15) is 17.7 Å². The summed E-state index contributed by atoms with van der Waals surface area (Å²) in [6.45, 7) is 0. The van der Waals surface area contributed by atoms with Gasteiger partial charge in [0.05, 0.1) is 7.11 Å². The second kappa shape index (κ2) is 4.90. The molecule has 0 atom stereocenters. The number of allylic oxidation sites excluding steroid dienone is 1. The minimum Gasteiger partial charge on any atom is -0.494 e. The van der Waals surface area contributed by atoms with Crippen LogP contribution in [0.5, 0.6) is 5.75 Å². The molecule has 0 saturated heterocycles. The van der Waals surface area contributed by atoms with E-state index >= 15 is 0 Å². The van der Waals surface area contributed by atoms with Crippen LogP contribution in [0.25, 0.3) is 6.08 Å². The molecule has 3 nitrogen and oxygen atoms in total. The van der Waals surface area contributed by atoms with Crippen molar-refractivity contribution in [1.82, 2.24) is 0 Å². The second-order valence-corrected chi connectivity index (χ2v) is 2.77. The minimum absolute atomic E-state index is 0.170. The predicted molar refractivity (Wildman–Crippen MR) is 52.1 cm³/mol. The zero-order valence-electron chi connectivity index (χ0n) is 8.29. The molecule has 0 spiro atoms. The van der Waals surface area contributed by atoms with Crippen LogP contribution in [0.4, 0.5) is 8.78 Å². The van der Waals surface area contributed by atoms with Crippen LogP contribution in [0, 0.1) is 34.3 Å². The number of methoxy groups -OCH3 is 1. The summed E-state index contributed by atoms with van der Waals surface area (Å²) < 4.78 is 31.2. The zero-order chi connectivity index (χ0) is 12.1.